The molecule has 15 heavy (non-hydrogen) atoms. The second kappa shape index (κ2) is 5.42. The van der Waals surface area contributed by atoms with Gasteiger partial charge in [0.1, 0.15) is 13.0 Å². The molecule has 0 amide bonds. The number of methoxy groups -OCH3 is 1. The van der Waals surface area contributed by atoms with Crippen LogP contribution in [0.3, 0.4) is 0 Å². The molecule has 1 aliphatic rings. The van der Waals surface area contributed by atoms with Crippen molar-refractivity contribution in [3.05, 3.63) is 12.0 Å². The molecule has 0 atom stereocenters. The molecule has 1 fully saturated rings. The average molecular weight is 221 g/mol. The first-order chi connectivity index (χ1) is 7.15. The molecule has 1 rings (SSSR count). The smallest absolute Gasteiger partial charge is 0.131 e. The SMILES string of the molecule is COCC1(O)CCN(C(=CF)CF)CC1. The van der Waals surface area contributed by atoms with Crippen molar-refractivity contribution in [2.45, 2.75) is 18.4 Å². The van der Waals surface area contributed by atoms with Crippen molar-refractivity contribution in [2.24, 2.45) is 0 Å². The van der Waals surface area contributed by atoms with Gasteiger partial charge in [-0.05, 0) is 12.8 Å². The van der Waals surface area contributed by atoms with Crippen molar-refractivity contribution in [3.63, 3.8) is 0 Å². The number of halogens is 2. The van der Waals surface area contributed by atoms with Gasteiger partial charge in [0.15, 0.2) is 0 Å². The van der Waals surface area contributed by atoms with E-state index in [0.717, 1.165) is 0 Å². The molecule has 0 aliphatic carbocycles. The highest BCUT2D eigenvalue weighted by atomic mass is 19.1. The first-order valence-electron chi connectivity index (χ1n) is 4.96. The van der Waals surface area contributed by atoms with E-state index >= 15 is 0 Å². The largest absolute Gasteiger partial charge is 0.387 e. The number of ether oxygens (including phenoxy) is 1. The Hall–Kier alpha value is -0.680. The summed E-state index contributed by atoms with van der Waals surface area (Å²) in [6.07, 6.45) is 1.23. The van der Waals surface area contributed by atoms with Crippen LogP contribution in [0, 0.1) is 0 Å². The Labute approximate surface area is 88.3 Å². The lowest BCUT2D eigenvalue weighted by molar-refractivity contribution is -0.0670. The molecule has 1 aliphatic heterocycles. The fourth-order valence-electron chi connectivity index (χ4n) is 1.81. The Bertz CT molecular complexity index is 225. The van der Waals surface area contributed by atoms with Crippen molar-refractivity contribution in [3.8, 4) is 0 Å². The van der Waals surface area contributed by atoms with Gasteiger partial charge >= 0.3 is 0 Å². The zero-order valence-electron chi connectivity index (χ0n) is 8.88. The first-order valence-corrected chi connectivity index (χ1v) is 4.96. The third-order valence-electron chi connectivity index (χ3n) is 2.78. The van der Waals surface area contributed by atoms with E-state index in [-0.39, 0.29) is 12.3 Å². The standard InChI is InChI=1S/C10H17F2NO2/c1-15-8-10(14)2-4-13(5-3-10)9(6-11)7-12/h6,14H,2-5,7-8H2,1H3. The molecule has 5 heteroatoms. The molecule has 0 bridgehead atoms. The van der Waals surface area contributed by atoms with E-state index in [1.54, 1.807) is 4.90 Å². The molecular weight excluding hydrogens is 204 g/mol. The van der Waals surface area contributed by atoms with Gasteiger partial charge in [0, 0.05) is 20.2 Å². The third kappa shape index (κ3) is 3.14. The number of piperidine rings is 1. The van der Waals surface area contributed by atoms with Crippen LogP contribution >= 0.6 is 0 Å². The summed E-state index contributed by atoms with van der Waals surface area (Å²) in [4.78, 5) is 1.62. The Morgan fingerprint density at radius 3 is 2.53 bits per heavy atom. The lowest BCUT2D eigenvalue weighted by Crippen LogP contribution is -2.46. The van der Waals surface area contributed by atoms with Crippen molar-refractivity contribution in [2.75, 3.05) is 33.5 Å². The van der Waals surface area contributed by atoms with Gasteiger partial charge in [0.2, 0.25) is 0 Å². The minimum Gasteiger partial charge on any atom is -0.387 e. The van der Waals surface area contributed by atoms with Gasteiger partial charge in [-0.15, -0.1) is 0 Å². The molecule has 0 radical (unpaired) electrons. The summed E-state index contributed by atoms with van der Waals surface area (Å²) < 4.78 is 29.5. The molecule has 0 aromatic carbocycles. The van der Waals surface area contributed by atoms with Crippen molar-refractivity contribution in [1.82, 2.24) is 4.90 Å². The number of allylic oxidation sites excluding steroid dienone is 1. The van der Waals surface area contributed by atoms with Crippen LogP contribution in [0.4, 0.5) is 8.78 Å². The van der Waals surface area contributed by atoms with Gasteiger partial charge < -0.3 is 14.7 Å². The highest BCUT2D eigenvalue weighted by molar-refractivity contribution is 5.01. The monoisotopic (exact) mass is 221 g/mol. The van der Waals surface area contributed by atoms with E-state index in [2.05, 4.69) is 0 Å². The van der Waals surface area contributed by atoms with Gasteiger partial charge in [-0.25, -0.2) is 8.78 Å². The van der Waals surface area contributed by atoms with Gasteiger partial charge in [-0.3, -0.25) is 0 Å². The fraction of sp³-hybridized carbons (Fsp3) is 0.800. The van der Waals surface area contributed by atoms with Crippen LogP contribution in [-0.2, 0) is 4.74 Å². The number of hydrogen-bond acceptors (Lipinski definition) is 3. The van der Waals surface area contributed by atoms with Crippen LogP contribution < -0.4 is 0 Å². The van der Waals surface area contributed by atoms with Crippen molar-refractivity contribution in [1.29, 1.82) is 0 Å². The Morgan fingerprint density at radius 1 is 1.53 bits per heavy atom. The molecule has 0 saturated carbocycles. The second-order valence-corrected chi connectivity index (χ2v) is 3.88. The zero-order valence-corrected chi connectivity index (χ0v) is 8.88. The maximum atomic E-state index is 12.3. The maximum Gasteiger partial charge on any atom is 0.131 e. The quantitative estimate of drug-likeness (QED) is 0.775. The average Bonchev–Trinajstić information content (AvgIpc) is 2.23. The minimum atomic E-state index is -0.844. The molecule has 0 spiro atoms. The molecule has 0 aromatic heterocycles. The fourth-order valence-corrected chi connectivity index (χ4v) is 1.81. The lowest BCUT2D eigenvalue weighted by atomic mass is 9.92. The van der Waals surface area contributed by atoms with Crippen LogP contribution in [0.15, 0.2) is 12.0 Å². The number of hydrogen-bond donors (Lipinski definition) is 1. The molecule has 0 aromatic rings. The number of rotatable bonds is 4. The number of alkyl halides is 1. The third-order valence-corrected chi connectivity index (χ3v) is 2.78. The van der Waals surface area contributed by atoms with Crippen molar-refractivity contribution < 1.29 is 18.6 Å². The van der Waals surface area contributed by atoms with E-state index in [9.17, 15) is 13.9 Å². The van der Waals surface area contributed by atoms with Crippen LogP contribution in [0.25, 0.3) is 0 Å². The normalized spacial score (nSPS) is 21.9. The predicted octanol–water partition coefficient (Wildman–Crippen LogP) is 1.24. The van der Waals surface area contributed by atoms with Gasteiger partial charge in [0.25, 0.3) is 0 Å². The van der Waals surface area contributed by atoms with Crippen LogP contribution in [-0.4, -0.2) is 49.1 Å². The van der Waals surface area contributed by atoms with E-state index < -0.39 is 12.3 Å². The second-order valence-electron chi connectivity index (χ2n) is 3.88. The van der Waals surface area contributed by atoms with E-state index in [1.807, 2.05) is 0 Å². The molecule has 88 valence electrons. The van der Waals surface area contributed by atoms with E-state index in [4.69, 9.17) is 4.74 Å². The first kappa shape index (κ1) is 12.4. The number of aliphatic hydroxyl groups is 1. The van der Waals surface area contributed by atoms with E-state index in [0.29, 0.717) is 32.3 Å². The van der Waals surface area contributed by atoms with Crippen LogP contribution in [0.1, 0.15) is 12.8 Å². The summed E-state index contributed by atoms with van der Waals surface area (Å²) in [6.45, 7) is 0.378. The molecule has 3 nitrogen and oxygen atoms in total. The summed E-state index contributed by atoms with van der Waals surface area (Å²) in [5.74, 6) is 0. The molecular formula is C10H17F2NO2. The summed E-state index contributed by atoms with van der Waals surface area (Å²) in [5, 5.41) is 9.96. The molecule has 0 unspecified atom stereocenters. The van der Waals surface area contributed by atoms with Crippen molar-refractivity contribution >= 4 is 0 Å². The Kier molecular flexibility index (Phi) is 4.47. The van der Waals surface area contributed by atoms with Gasteiger partial charge in [0.05, 0.1) is 17.9 Å². The lowest BCUT2D eigenvalue weighted by Gasteiger charge is -2.38. The molecule has 1 saturated heterocycles. The highest BCUT2D eigenvalue weighted by Crippen LogP contribution is 2.24. The van der Waals surface area contributed by atoms with Crippen LogP contribution in [0.2, 0.25) is 0 Å². The molecule has 1 N–H and O–H groups in total. The summed E-state index contributed by atoms with van der Waals surface area (Å²) in [7, 11) is 1.53. The highest BCUT2D eigenvalue weighted by Gasteiger charge is 2.32. The van der Waals surface area contributed by atoms with Crippen LogP contribution in [0.5, 0.6) is 0 Å². The molecule has 1 heterocycles. The topological polar surface area (TPSA) is 32.7 Å². The summed E-state index contributed by atoms with van der Waals surface area (Å²) >= 11 is 0. The maximum absolute atomic E-state index is 12.3. The van der Waals surface area contributed by atoms with E-state index in [1.165, 1.54) is 7.11 Å². The number of likely N-dealkylation sites (tertiary alicyclic amines) is 1. The predicted molar refractivity (Wildman–Crippen MR) is 52.8 cm³/mol. The Morgan fingerprint density at radius 2 is 2.13 bits per heavy atom. The minimum absolute atomic E-state index is 0.0504. The Balaban J connectivity index is 2.48. The number of nitrogens with zero attached hydrogens (tertiary/aromatic N) is 1. The summed E-state index contributed by atoms with van der Waals surface area (Å²) in [5.41, 5.74) is -0.794. The van der Waals surface area contributed by atoms with Gasteiger partial charge in [-0.2, -0.15) is 0 Å². The zero-order chi connectivity index (χ0) is 11.3. The van der Waals surface area contributed by atoms with Gasteiger partial charge in [-0.1, -0.05) is 0 Å². The summed E-state index contributed by atoms with van der Waals surface area (Å²) in [6, 6.07) is 0.